The molecule has 1 saturated heterocycles. The second-order valence-electron chi connectivity index (χ2n) is 2.34. The Morgan fingerprint density at radius 2 is 2.00 bits per heavy atom. The Morgan fingerprint density at radius 3 is 2.27 bits per heavy atom. The molecule has 0 radical (unpaired) electrons. The molecule has 0 aliphatic carbocycles. The van der Waals surface area contributed by atoms with E-state index in [-0.39, 0.29) is 12.0 Å². The van der Waals surface area contributed by atoms with E-state index in [4.69, 9.17) is 9.84 Å². The van der Waals surface area contributed by atoms with Crippen LogP contribution in [0.1, 0.15) is 0 Å². The average Bonchev–Trinajstić information content (AvgIpc) is 2.30. The van der Waals surface area contributed by atoms with Crippen molar-refractivity contribution in [1.29, 1.82) is 0 Å². The van der Waals surface area contributed by atoms with Crippen LogP contribution in [0.25, 0.3) is 0 Å². The molecule has 62 valence electrons. The van der Waals surface area contributed by atoms with Crippen molar-refractivity contribution in [3.05, 3.63) is 0 Å². The quantitative estimate of drug-likeness (QED) is 0.503. The molecule has 0 aromatic carbocycles. The fourth-order valence-corrected chi connectivity index (χ4v) is 4.13. The molecule has 0 bridgehead atoms. The van der Waals surface area contributed by atoms with Crippen LogP contribution in [0.5, 0.6) is 0 Å². The van der Waals surface area contributed by atoms with E-state index in [1.807, 2.05) is 0 Å². The van der Waals surface area contributed by atoms with E-state index in [1.54, 1.807) is 0 Å². The molecule has 0 saturated carbocycles. The summed E-state index contributed by atoms with van der Waals surface area (Å²) in [6, 6.07) is 0. The molecular formula is C5H9O4STl. The van der Waals surface area contributed by atoms with Gasteiger partial charge in [-0.25, -0.2) is 0 Å². The van der Waals surface area contributed by atoms with Gasteiger partial charge >= 0.3 is 83.0 Å². The minimum atomic E-state index is -0.934. The van der Waals surface area contributed by atoms with Gasteiger partial charge < -0.3 is 0 Å². The fraction of sp³-hybridized carbons (Fsp3) is 1.00. The van der Waals surface area contributed by atoms with Gasteiger partial charge in [-0.1, -0.05) is 0 Å². The van der Waals surface area contributed by atoms with Gasteiger partial charge in [0.15, 0.2) is 0 Å². The van der Waals surface area contributed by atoms with Gasteiger partial charge in [0, 0.05) is 0 Å². The zero-order valence-corrected chi connectivity index (χ0v) is 11.1. The van der Waals surface area contributed by atoms with Crippen molar-refractivity contribution in [2.45, 2.75) is 23.7 Å². The van der Waals surface area contributed by atoms with Crippen LogP contribution in [0.3, 0.4) is 0 Å². The van der Waals surface area contributed by atoms with Crippen LogP contribution in [-0.2, 0) is 4.74 Å². The van der Waals surface area contributed by atoms with Crippen molar-refractivity contribution in [3.63, 3.8) is 0 Å². The van der Waals surface area contributed by atoms with Crippen LogP contribution in [0.4, 0.5) is 0 Å². The van der Waals surface area contributed by atoms with Crippen LogP contribution >= 0.6 is 8.31 Å². The van der Waals surface area contributed by atoms with Gasteiger partial charge in [-0.05, 0) is 0 Å². The predicted molar refractivity (Wildman–Crippen MR) is 41.1 cm³/mol. The number of aliphatic hydroxyl groups is 3. The Balaban J connectivity index is 2.53. The number of hydrogen-bond donors (Lipinski definition) is 3. The number of ether oxygens (including phenoxy) is 1. The Bertz CT molecular complexity index is 118. The summed E-state index contributed by atoms with van der Waals surface area (Å²) in [6.07, 6.45) is -2.39. The van der Waals surface area contributed by atoms with E-state index in [0.29, 0.717) is 24.3 Å². The normalized spacial score (nSPS) is 44.5. The first kappa shape index (κ1) is 10.2. The second-order valence-corrected chi connectivity index (χ2v) is 6.25. The van der Waals surface area contributed by atoms with Crippen LogP contribution in [0.2, 0.25) is 0 Å². The molecule has 0 aromatic rings. The van der Waals surface area contributed by atoms with Gasteiger partial charge in [-0.3, -0.25) is 0 Å². The summed E-state index contributed by atoms with van der Waals surface area (Å²) in [5.74, 6) is 0. The molecule has 3 N–H and O–H groups in total. The summed E-state index contributed by atoms with van der Waals surface area (Å²) >= 11 is 0.657. The Labute approximate surface area is 82.8 Å². The summed E-state index contributed by atoms with van der Waals surface area (Å²) < 4.78 is 5.14. The molecule has 0 amide bonds. The van der Waals surface area contributed by atoms with Gasteiger partial charge in [0.1, 0.15) is 0 Å². The Morgan fingerprint density at radius 1 is 1.36 bits per heavy atom. The van der Waals surface area contributed by atoms with E-state index in [9.17, 15) is 10.2 Å². The van der Waals surface area contributed by atoms with Crippen molar-refractivity contribution < 1.29 is 20.1 Å². The van der Waals surface area contributed by atoms with Crippen molar-refractivity contribution in [2.24, 2.45) is 0 Å². The first-order chi connectivity index (χ1) is 5.20. The third kappa shape index (κ3) is 2.07. The molecule has 1 aliphatic rings. The van der Waals surface area contributed by atoms with Gasteiger partial charge in [-0.2, -0.15) is 0 Å². The van der Waals surface area contributed by atoms with Crippen molar-refractivity contribution in [2.75, 3.05) is 6.61 Å². The standard InChI is InChI=1S/C5H10O4S.Tl/c6-1-2-3(7)4(8)5(10)9-2;/h2-8,10H,1H2;/q;+1/p-1. The summed E-state index contributed by atoms with van der Waals surface area (Å²) in [5, 5.41) is 27.2. The van der Waals surface area contributed by atoms with Gasteiger partial charge in [0.2, 0.25) is 0 Å². The summed E-state index contributed by atoms with van der Waals surface area (Å²) in [5.41, 5.74) is -0.341. The maximum atomic E-state index is 9.28. The van der Waals surface area contributed by atoms with E-state index < -0.39 is 18.3 Å². The number of aliphatic hydroxyl groups excluding tert-OH is 3. The molecule has 1 rings (SSSR count). The molecule has 4 unspecified atom stereocenters. The molecule has 6 heteroatoms. The van der Waals surface area contributed by atoms with Crippen LogP contribution in [0, 0.1) is 0 Å². The fourth-order valence-electron chi connectivity index (χ4n) is 0.978. The zero-order chi connectivity index (χ0) is 8.43. The van der Waals surface area contributed by atoms with Crippen molar-refractivity contribution in [3.8, 4) is 0 Å². The maximum absolute atomic E-state index is 9.28. The molecule has 0 spiro atoms. The van der Waals surface area contributed by atoms with E-state index in [1.165, 1.54) is 8.31 Å². The van der Waals surface area contributed by atoms with Gasteiger partial charge in [0.05, 0.1) is 0 Å². The van der Waals surface area contributed by atoms with Crippen LogP contribution < -0.4 is 0 Å². The second kappa shape index (κ2) is 4.38. The minimum absolute atomic E-state index is 0.236. The molecule has 1 heterocycles. The molecular weight excluding hydrogens is 361 g/mol. The molecule has 11 heavy (non-hydrogen) atoms. The Kier molecular flexibility index (Phi) is 4.06. The third-order valence-electron chi connectivity index (χ3n) is 1.63. The average molecular weight is 370 g/mol. The summed E-state index contributed by atoms with van der Waals surface area (Å²) in [7, 11) is 1.49. The Hall–Kier alpha value is 1.11. The van der Waals surface area contributed by atoms with E-state index in [2.05, 4.69) is 0 Å². The summed E-state index contributed by atoms with van der Waals surface area (Å²) in [4.78, 5) is 0. The van der Waals surface area contributed by atoms with Crippen LogP contribution in [-0.4, -0.2) is 69.9 Å². The van der Waals surface area contributed by atoms with Crippen LogP contribution in [0.15, 0.2) is 0 Å². The van der Waals surface area contributed by atoms with Crippen molar-refractivity contribution >= 4 is 32.6 Å². The van der Waals surface area contributed by atoms with Gasteiger partial charge in [-0.15, -0.1) is 0 Å². The van der Waals surface area contributed by atoms with E-state index in [0.717, 1.165) is 0 Å². The molecule has 1 fully saturated rings. The number of rotatable bonds is 2. The third-order valence-corrected chi connectivity index (χ3v) is 5.42. The monoisotopic (exact) mass is 370 g/mol. The molecule has 4 nitrogen and oxygen atoms in total. The first-order valence-electron chi connectivity index (χ1n) is 3.18. The van der Waals surface area contributed by atoms with Gasteiger partial charge in [0.25, 0.3) is 0 Å². The molecule has 4 atom stereocenters. The topological polar surface area (TPSA) is 69.9 Å². The van der Waals surface area contributed by atoms with Crippen molar-refractivity contribution in [1.82, 2.24) is 0 Å². The first-order valence-corrected chi connectivity index (χ1v) is 9.62. The summed E-state index contributed by atoms with van der Waals surface area (Å²) in [6.45, 7) is -0.236. The predicted octanol–water partition coefficient (Wildman–Crippen LogP) is -1.76. The zero-order valence-electron chi connectivity index (χ0n) is 5.75. The number of hydrogen-bond acceptors (Lipinski definition) is 5. The molecule has 0 aromatic heterocycles. The van der Waals surface area contributed by atoms with E-state index >= 15 is 0 Å². The molecule has 1 aliphatic heterocycles. The SMILES string of the molecule is OCC1OC([S][Tl])C(O)C1O.